The lowest BCUT2D eigenvalue weighted by molar-refractivity contribution is -0.142. The number of aliphatic hydroxyl groups excluding tert-OH is 1. The molecule has 2 atom stereocenters. The number of hydrogen-bond donors (Lipinski definition) is 2. The average Bonchev–Trinajstić information content (AvgIpc) is 2.76. The first-order valence-corrected chi connectivity index (χ1v) is 5.91. The van der Waals surface area contributed by atoms with Crippen molar-refractivity contribution >= 4 is 11.9 Å². The van der Waals surface area contributed by atoms with E-state index in [2.05, 4.69) is 0 Å². The summed E-state index contributed by atoms with van der Waals surface area (Å²) >= 11 is 0. The fraction of sp³-hybridized carbons (Fsp3) is 0.833. The van der Waals surface area contributed by atoms with E-state index in [9.17, 15) is 14.7 Å². The molecule has 1 aliphatic rings. The van der Waals surface area contributed by atoms with Crippen LogP contribution in [0.2, 0.25) is 0 Å². The Hall–Kier alpha value is -1.10. The highest BCUT2D eigenvalue weighted by atomic mass is 16.4. The molecule has 1 saturated carbocycles. The third-order valence-corrected chi connectivity index (χ3v) is 3.76. The number of rotatable bonds is 4. The van der Waals surface area contributed by atoms with Gasteiger partial charge in [-0.3, -0.25) is 9.59 Å². The van der Waals surface area contributed by atoms with Crippen LogP contribution in [0.4, 0.5) is 0 Å². The van der Waals surface area contributed by atoms with Crippen LogP contribution < -0.4 is 0 Å². The smallest absolute Gasteiger partial charge is 0.306 e. The first-order valence-electron chi connectivity index (χ1n) is 5.91. The molecule has 2 unspecified atom stereocenters. The Morgan fingerprint density at radius 2 is 1.82 bits per heavy atom. The number of nitrogens with zero attached hydrogens (tertiary/aromatic N) is 1. The summed E-state index contributed by atoms with van der Waals surface area (Å²) in [5.41, 5.74) is -0.599. The number of hydrogen-bond acceptors (Lipinski definition) is 3. The zero-order valence-corrected chi connectivity index (χ0v) is 10.6. The largest absolute Gasteiger partial charge is 0.481 e. The molecule has 0 heterocycles. The summed E-state index contributed by atoms with van der Waals surface area (Å²) in [6.07, 6.45) is 1.61. The number of carboxylic acids is 1. The molecule has 0 aromatic carbocycles. The molecule has 98 valence electrons. The molecule has 0 aliphatic heterocycles. The van der Waals surface area contributed by atoms with Gasteiger partial charge in [-0.15, -0.1) is 0 Å². The summed E-state index contributed by atoms with van der Waals surface area (Å²) in [6.45, 7) is 3.47. The highest BCUT2D eigenvalue weighted by molar-refractivity contribution is 5.81. The summed E-state index contributed by atoms with van der Waals surface area (Å²) in [6, 6.07) is 0. The Kier molecular flexibility index (Phi) is 4.14. The average molecular weight is 243 g/mol. The van der Waals surface area contributed by atoms with Crippen molar-refractivity contribution in [3.05, 3.63) is 0 Å². The number of aliphatic hydroxyl groups is 1. The number of carbonyl (C=O) groups excluding carboxylic acids is 1. The molecule has 2 N–H and O–H groups in total. The summed E-state index contributed by atoms with van der Waals surface area (Å²) in [7, 11) is 1.66. The molecule has 0 spiro atoms. The third-order valence-electron chi connectivity index (χ3n) is 3.76. The van der Waals surface area contributed by atoms with Crippen LogP contribution in [0.15, 0.2) is 0 Å². The van der Waals surface area contributed by atoms with Crippen molar-refractivity contribution in [1.82, 2.24) is 4.90 Å². The summed E-state index contributed by atoms with van der Waals surface area (Å²) in [5.74, 6) is -1.49. The lowest BCUT2D eigenvalue weighted by Crippen LogP contribution is -2.49. The van der Waals surface area contributed by atoms with Crippen LogP contribution in [0.1, 0.15) is 33.1 Å². The van der Waals surface area contributed by atoms with E-state index in [1.165, 1.54) is 4.90 Å². The molecule has 0 aromatic rings. The van der Waals surface area contributed by atoms with Gasteiger partial charge in [0.25, 0.3) is 0 Å². The van der Waals surface area contributed by atoms with E-state index in [1.54, 1.807) is 20.9 Å². The Bertz CT molecular complexity index is 314. The van der Waals surface area contributed by atoms with Crippen LogP contribution in [-0.4, -0.2) is 46.2 Å². The molecule has 17 heavy (non-hydrogen) atoms. The van der Waals surface area contributed by atoms with Crippen LogP contribution >= 0.6 is 0 Å². The van der Waals surface area contributed by atoms with Gasteiger partial charge in [0.05, 0.1) is 18.1 Å². The van der Waals surface area contributed by atoms with Crippen LogP contribution in [0.3, 0.4) is 0 Å². The molecule has 5 heteroatoms. The number of carbonyl (C=O) groups is 2. The lowest BCUT2D eigenvalue weighted by Gasteiger charge is -2.35. The minimum absolute atomic E-state index is 0.0622. The normalized spacial score (nSPS) is 24.7. The van der Waals surface area contributed by atoms with Gasteiger partial charge in [-0.05, 0) is 33.1 Å². The van der Waals surface area contributed by atoms with Crippen molar-refractivity contribution in [2.24, 2.45) is 11.8 Å². The van der Waals surface area contributed by atoms with Crippen LogP contribution in [0, 0.1) is 11.8 Å². The van der Waals surface area contributed by atoms with Crippen molar-refractivity contribution in [2.75, 3.05) is 13.7 Å². The molecule has 5 nitrogen and oxygen atoms in total. The van der Waals surface area contributed by atoms with E-state index in [1.807, 2.05) is 0 Å². The second-order valence-electron chi connectivity index (χ2n) is 5.41. The fourth-order valence-corrected chi connectivity index (χ4v) is 2.11. The van der Waals surface area contributed by atoms with E-state index in [0.29, 0.717) is 19.3 Å². The van der Waals surface area contributed by atoms with E-state index in [0.717, 1.165) is 0 Å². The van der Waals surface area contributed by atoms with Gasteiger partial charge in [0.1, 0.15) is 0 Å². The summed E-state index contributed by atoms with van der Waals surface area (Å²) in [4.78, 5) is 24.5. The minimum atomic E-state index is -0.815. The van der Waals surface area contributed by atoms with Gasteiger partial charge in [0.2, 0.25) is 5.91 Å². The van der Waals surface area contributed by atoms with Gasteiger partial charge >= 0.3 is 5.97 Å². The number of aliphatic carboxylic acids is 1. The van der Waals surface area contributed by atoms with Crippen molar-refractivity contribution in [2.45, 2.75) is 38.6 Å². The maximum absolute atomic E-state index is 12.1. The molecule has 0 aromatic heterocycles. The van der Waals surface area contributed by atoms with Crippen molar-refractivity contribution in [3.8, 4) is 0 Å². The van der Waals surface area contributed by atoms with E-state index < -0.39 is 17.4 Å². The Balaban J connectivity index is 2.64. The first kappa shape index (κ1) is 14.0. The fourth-order valence-electron chi connectivity index (χ4n) is 2.11. The van der Waals surface area contributed by atoms with Crippen molar-refractivity contribution < 1.29 is 19.8 Å². The zero-order chi connectivity index (χ0) is 13.2. The molecule has 1 rings (SSSR count). The Morgan fingerprint density at radius 1 is 1.29 bits per heavy atom. The standard InChI is InChI=1S/C12H21NO4/c1-12(2,7-14)13(3)10(15)8-4-5-9(6-8)11(16)17/h8-9,14H,4-7H2,1-3H3,(H,16,17). The monoisotopic (exact) mass is 243 g/mol. The van der Waals surface area contributed by atoms with Crippen LogP contribution in [0.5, 0.6) is 0 Å². The SMILES string of the molecule is CN(C(=O)C1CCC(C(=O)O)C1)C(C)(C)CO. The van der Waals surface area contributed by atoms with Gasteiger partial charge < -0.3 is 15.1 Å². The Labute approximate surface area is 101 Å². The van der Waals surface area contributed by atoms with Gasteiger partial charge in [-0.1, -0.05) is 0 Å². The number of carboxylic acid groups (broad SMARTS) is 1. The maximum Gasteiger partial charge on any atom is 0.306 e. The Morgan fingerprint density at radius 3 is 2.24 bits per heavy atom. The highest BCUT2D eigenvalue weighted by Gasteiger charge is 2.38. The molecule has 1 fully saturated rings. The van der Waals surface area contributed by atoms with E-state index in [-0.39, 0.29) is 18.4 Å². The van der Waals surface area contributed by atoms with Crippen molar-refractivity contribution in [1.29, 1.82) is 0 Å². The third kappa shape index (κ3) is 2.97. The molecule has 0 radical (unpaired) electrons. The van der Waals surface area contributed by atoms with Gasteiger partial charge in [0.15, 0.2) is 0 Å². The molecular weight excluding hydrogens is 222 g/mol. The number of likely N-dealkylation sites (N-methyl/N-ethyl adjacent to an activating group) is 1. The first-order chi connectivity index (χ1) is 7.79. The predicted octanol–water partition coefficient (Wildman–Crippen LogP) is 0.717. The minimum Gasteiger partial charge on any atom is -0.481 e. The van der Waals surface area contributed by atoms with Gasteiger partial charge in [0, 0.05) is 13.0 Å². The second-order valence-corrected chi connectivity index (χ2v) is 5.41. The highest BCUT2D eigenvalue weighted by Crippen LogP contribution is 2.33. The molecular formula is C12H21NO4. The molecule has 0 bridgehead atoms. The quantitative estimate of drug-likeness (QED) is 0.762. The summed E-state index contributed by atoms with van der Waals surface area (Å²) in [5, 5.41) is 18.1. The zero-order valence-electron chi connectivity index (χ0n) is 10.6. The number of amides is 1. The lowest BCUT2D eigenvalue weighted by atomic mass is 9.99. The molecule has 1 aliphatic carbocycles. The maximum atomic E-state index is 12.1. The van der Waals surface area contributed by atoms with Gasteiger partial charge in [-0.25, -0.2) is 0 Å². The topological polar surface area (TPSA) is 77.8 Å². The van der Waals surface area contributed by atoms with Gasteiger partial charge in [-0.2, -0.15) is 0 Å². The van der Waals surface area contributed by atoms with E-state index >= 15 is 0 Å². The van der Waals surface area contributed by atoms with Crippen LogP contribution in [-0.2, 0) is 9.59 Å². The second kappa shape index (κ2) is 5.04. The molecule has 0 saturated heterocycles. The van der Waals surface area contributed by atoms with Crippen LogP contribution in [0.25, 0.3) is 0 Å². The summed E-state index contributed by atoms with van der Waals surface area (Å²) < 4.78 is 0. The molecule has 1 amide bonds. The van der Waals surface area contributed by atoms with E-state index in [4.69, 9.17) is 5.11 Å². The van der Waals surface area contributed by atoms with Crippen molar-refractivity contribution in [3.63, 3.8) is 0 Å². The predicted molar refractivity (Wildman–Crippen MR) is 62.4 cm³/mol.